The maximum Gasteiger partial charge on any atom is 0.327 e. The van der Waals surface area contributed by atoms with Crippen LogP contribution >= 0.6 is 0 Å². The van der Waals surface area contributed by atoms with Gasteiger partial charge in [0.15, 0.2) is 9.84 Å². The Bertz CT molecular complexity index is 412. The smallest absolute Gasteiger partial charge is 0.327 e. The summed E-state index contributed by atoms with van der Waals surface area (Å²) >= 11 is 0. The van der Waals surface area contributed by atoms with Gasteiger partial charge in [0.25, 0.3) is 0 Å². The summed E-state index contributed by atoms with van der Waals surface area (Å²) in [7, 11) is -3.53. The Balaban J connectivity index is 2.60. The molecule has 2 N–H and O–H groups in total. The lowest BCUT2D eigenvalue weighted by atomic mass is 10.2. The maximum atomic E-state index is 11.8. The second-order valence-corrected chi connectivity index (χ2v) is 6.55. The van der Waals surface area contributed by atoms with Gasteiger partial charge in [0.2, 0.25) is 5.91 Å². The first-order valence-corrected chi connectivity index (χ1v) is 7.40. The summed E-state index contributed by atoms with van der Waals surface area (Å²) in [6.07, 6.45) is 0.664. The number of carbonyl (C=O) groups excluding carboxylic acids is 1. The Morgan fingerprint density at radius 2 is 2.17 bits per heavy atom. The van der Waals surface area contributed by atoms with E-state index in [1.165, 1.54) is 0 Å². The van der Waals surface area contributed by atoms with Crippen molar-refractivity contribution in [1.29, 1.82) is 0 Å². The largest absolute Gasteiger partial charge is 0.480 e. The Morgan fingerprint density at radius 3 is 2.61 bits per heavy atom. The minimum Gasteiger partial charge on any atom is -0.480 e. The zero-order valence-electron chi connectivity index (χ0n) is 10.1. The van der Waals surface area contributed by atoms with E-state index >= 15 is 0 Å². The summed E-state index contributed by atoms with van der Waals surface area (Å²) in [5.41, 5.74) is 0. The molecule has 0 bridgehead atoms. The van der Waals surface area contributed by atoms with Crippen molar-refractivity contribution in [2.45, 2.75) is 19.4 Å². The molecule has 104 valence electrons. The standard InChI is InChI=1S/C10H17NO6S/c1-7(12)11-9(10(13)14)6-18(15,16)5-8-2-3-17-4-8/h8-9H,2-6H2,1H3,(H,11,12)(H,13,14)/t8?,9-/m0/s1. The summed E-state index contributed by atoms with van der Waals surface area (Å²) in [5, 5.41) is 11.0. The van der Waals surface area contributed by atoms with E-state index in [1.54, 1.807) is 0 Å². The molecule has 1 aliphatic rings. The highest BCUT2D eigenvalue weighted by atomic mass is 32.2. The molecule has 1 rings (SSSR count). The third kappa shape index (κ3) is 5.01. The predicted molar refractivity (Wildman–Crippen MR) is 62.8 cm³/mol. The van der Waals surface area contributed by atoms with Gasteiger partial charge in [-0.05, 0) is 12.3 Å². The van der Waals surface area contributed by atoms with Crippen LogP contribution in [-0.4, -0.2) is 56.2 Å². The third-order valence-corrected chi connectivity index (χ3v) is 4.43. The summed E-state index contributed by atoms with van der Waals surface area (Å²) < 4.78 is 28.7. The van der Waals surface area contributed by atoms with Crippen molar-refractivity contribution in [2.75, 3.05) is 24.7 Å². The van der Waals surface area contributed by atoms with Gasteiger partial charge in [-0.25, -0.2) is 13.2 Å². The average Bonchev–Trinajstić information content (AvgIpc) is 2.67. The lowest BCUT2D eigenvalue weighted by molar-refractivity contribution is -0.140. The van der Waals surface area contributed by atoms with E-state index in [2.05, 4.69) is 5.32 Å². The van der Waals surface area contributed by atoms with Crippen molar-refractivity contribution in [3.05, 3.63) is 0 Å². The summed E-state index contributed by atoms with van der Waals surface area (Å²) in [6.45, 7) is 2.07. The lowest BCUT2D eigenvalue weighted by Gasteiger charge is -2.15. The van der Waals surface area contributed by atoms with Gasteiger partial charge in [0.1, 0.15) is 6.04 Å². The van der Waals surface area contributed by atoms with Gasteiger partial charge < -0.3 is 15.2 Å². The zero-order chi connectivity index (χ0) is 13.8. The van der Waals surface area contributed by atoms with E-state index < -0.39 is 33.5 Å². The Labute approximate surface area is 105 Å². The molecular formula is C10H17NO6S. The van der Waals surface area contributed by atoms with E-state index in [-0.39, 0.29) is 11.7 Å². The fourth-order valence-electron chi connectivity index (χ4n) is 1.82. The SMILES string of the molecule is CC(=O)N[C@@H](CS(=O)(=O)CC1CCOC1)C(=O)O. The second kappa shape index (κ2) is 6.14. The fourth-order valence-corrected chi connectivity index (χ4v) is 3.67. The normalized spacial score (nSPS) is 21.5. The number of carboxylic acids is 1. The molecule has 0 aliphatic carbocycles. The van der Waals surface area contributed by atoms with Crippen LogP contribution < -0.4 is 5.32 Å². The fraction of sp³-hybridized carbons (Fsp3) is 0.800. The first-order chi connectivity index (χ1) is 8.30. The molecule has 1 aliphatic heterocycles. The molecule has 1 amide bonds. The summed E-state index contributed by atoms with van der Waals surface area (Å²) in [4.78, 5) is 21.6. The number of rotatable bonds is 6. The number of aliphatic carboxylic acids is 1. The number of nitrogens with one attached hydrogen (secondary N) is 1. The van der Waals surface area contributed by atoms with Gasteiger partial charge in [0, 0.05) is 13.5 Å². The molecule has 8 heteroatoms. The van der Waals surface area contributed by atoms with E-state index in [4.69, 9.17) is 9.84 Å². The first-order valence-electron chi connectivity index (χ1n) is 5.58. The molecular weight excluding hydrogens is 262 g/mol. The predicted octanol–water partition coefficient (Wildman–Crippen LogP) is -0.973. The Kier molecular flexibility index (Phi) is 5.09. The molecule has 0 aromatic rings. The van der Waals surface area contributed by atoms with Crippen molar-refractivity contribution in [1.82, 2.24) is 5.32 Å². The topological polar surface area (TPSA) is 110 Å². The molecule has 1 saturated heterocycles. The van der Waals surface area contributed by atoms with Gasteiger partial charge in [0.05, 0.1) is 18.1 Å². The van der Waals surface area contributed by atoms with Crippen molar-refractivity contribution in [2.24, 2.45) is 5.92 Å². The third-order valence-electron chi connectivity index (χ3n) is 2.61. The number of hydrogen-bond acceptors (Lipinski definition) is 5. The number of hydrogen-bond donors (Lipinski definition) is 2. The highest BCUT2D eigenvalue weighted by Crippen LogP contribution is 2.15. The number of amides is 1. The molecule has 1 fully saturated rings. The first kappa shape index (κ1) is 14.9. The molecule has 18 heavy (non-hydrogen) atoms. The molecule has 7 nitrogen and oxygen atoms in total. The van der Waals surface area contributed by atoms with Crippen molar-refractivity contribution < 1.29 is 27.9 Å². The van der Waals surface area contributed by atoms with Gasteiger partial charge in [-0.2, -0.15) is 0 Å². The summed E-state index contributed by atoms with van der Waals surface area (Å²) in [6, 6.07) is -1.39. The van der Waals surface area contributed by atoms with Gasteiger partial charge in [-0.15, -0.1) is 0 Å². The molecule has 2 atom stereocenters. The van der Waals surface area contributed by atoms with Gasteiger partial charge in [-0.3, -0.25) is 4.79 Å². The van der Waals surface area contributed by atoms with E-state index in [1.807, 2.05) is 0 Å². The summed E-state index contributed by atoms with van der Waals surface area (Å²) in [5.74, 6) is -2.69. The molecule has 0 saturated carbocycles. The van der Waals surface area contributed by atoms with E-state index in [0.717, 1.165) is 6.92 Å². The van der Waals surface area contributed by atoms with Crippen molar-refractivity contribution >= 4 is 21.7 Å². The molecule has 0 radical (unpaired) electrons. The zero-order valence-corrected chi connectivity index (χ0v) is 10.9. The Morgan fingerprint density at radius 1 is 1.50 bits per heavy atom. The van der Waals surface area contributed by atoms with Crippen LogP contribution in [0.1, 0.15) is 13.3 Å². The minimum absolute atomic E-state index is 0.0817. The molecule has 0 aromatic heterocycles. The number of sulfone groups is 1. The second-order valence-electron chi connectivity index (χ2n) is 4.40. The number of ether oxygens (including phenoxy) is 1. The van der Waals surface area contributed by atoms with Gasteiger partial charge >= 0.3 is 5.97 Å². The van der Waals surface area contributed by atoms with Crippen LogP contribution in [0.2, 0.25) is 0 Å². The Hall–Kier alpha value is -1.15. The van der Waals surface area contributed by atoms with Crippen molar-refractivity contribution in [3.8, 4) is 0 Å². The van der Waals surface area contributed by atoms with Gasteiger partial charge in [-0.1, -0.05) is 0 Å². The van der Waals surface area contributed by atoms with Crippen LogP contribution in [0.4, 0.5) is 0 Å². The molecule has 0 aromatic carbocycles. The highest BCUT2D eigenvalue weighted by molar-refractivity contribution is 7.91. The van der Waals surface area contributed by atoms with Crippen LogP contribution in [0.25, 0.3) is 0 Å². The molecule has 0 spiro atoms. The lowest BCUT2D eigenvalue weighted by Crippen LogP contribution is -2.45. The maximum absolute atomic E-state index is 11.8. The van der Waals surface area contributed by atoms with Crippen LogP contribution in [0.15, 0.2) is 0 Å². The van der Waals surface area contributed by atoms with Crippen LogP contribution in [-0.2, 0) is 24.2 Å². The minimum atomic E-state index is -3.53. The highest BCUT2D eigenvalue weighted by Gasteiger charge is 2.29. The quantitative estimate of drug-likeness (QED) is 0.647. The van der Waals surface area contributed by atoms with Crippen molar-refractivity contribution in [3.63, 3.8) is 0 Å². The van der Waals surface area contributed by atoms with Crippen LogP contribution in [0.5, 0.6) is 0 Å². The molecule has 1 heterocycles. The van der Waals surface area contributed by atoms with Crippen LogP contribution in [0, 0.1) is 5.92 Å². The van der Waals surface area contributed by atoms with Crippen LogP contribution in [0.3, 0.4) is 0 Å². The monoisotopic (exact) mass is 279 g/mol. The number of carbonyl (C=O) groups is 2. The van der Waals surface area contributed by atoms with E-state index in [9.17, 15) is 18.0 Å². The molecule has 1 unspecified atom stereocenters. The average molecular weight is 279 g/mol. The van der Waals surface area contributed by atoms with E-state index in [0.29, 0.717) is 19.6 Å². The number of carboxylic acid groups (broad SMARTS) is 1.